The van der Waals surface area contributed by atoms with Crippen LogP contribution in [0.3, 0.4) is 0 Å². The fourth-order valence-corrected chi connectivity index (χ4v) is 4.57. The lowest BCUT2D eigenvalue weighted by atomic mass is 9.95. The highest BCUT2D eigenvalue weighted by Crippen LogP contribution is 2.26. The minimum Gasteiger partial charge on any atom is -0.353 e. The van der Waals surface area contributed by atoms with Crippen LogP contribution in [0.25, 0.3) is 0 Å². The van der Waals surface area contributed by atoms with Gasteiger partial charge in [0.05, 0.1) is 17.0 Å². The summed E-state index contributed by atoms with van der Waals surface area (Å²) in [4.78, 5) is 13.7. The van der Waals surface area contributed by atoms with Crippen molar-refractivity contribution >= 4 is 15.7 Å². The number of sulfone groups is 1. The number of rotatable bonds is 1. The second kappa shape index (κ2) is 3.93. The third-order valence-corrected chi connectivity index (χ3v) is 5.42. The lowest BCUT2D eigenvalue weighted by Crippen LogP contribution is -2.67. The maximum Gasteiger partial charge on any atom is 0.240 e. The van der Waals surface area contributed by atoms with Gasteiger partial charge in [0.15, 0.2) is 9.84 Å². The van der Waals surface area contributed by atoms with E-state index in [9.17, 15) is 13.2 Å². The van der Waals surface area contributed by atoms with Gasteiger partial charge in [0, 0.05) is 25.2 Å². The van der Waals surface area contributed by atoms with Crippen molar-refractivity contribution in [2.24, 2.45) is 5.73 Å². The van der Waals surface area contributed by atoms with Crippen molar-refractivity contribution in [1.29, 1.82) is 0 Å². The van der Waals surface area contributed by atoms with Crippen LogP contribution >= 0.6 is 0 Å². The molecule has 3 N–H and O–H groups in total. The normalized spacial score (nSPS) is 36.8. The molecule has 6 nitrogen and oxygen atoms in total. The Labute approximate surface area is 101 Å². The predicted molar refractivity (Wildman–Crippen MR) is 64.2 cm³/mol. The molecule has 0 aromatic carbocycles. The van der Waals surface area contributed by atoms with Gasteiger partial charge in [0.25, 0.3) is 0 Å². The van der Waals surface area contributed by atoms with Crippen LogP contribution < -0.4 is 11.1 Å². The van der Waals surface area contributed by atoms with Gasteiger partial charge < -0.3 is 11.1 Å². The van der Waals surface area contributed by atoms with Crippen LogP contribution in [0.4, 0.5) is 0 Å². The zero-order chi connectivity index (χ0) is 12.8. The molecular formula is C10H19N3O3S. The van der Waals surface area contributed by atoms with Gasteiger partial charge >= 0.3 is 0 Å². The molecule has 1 amide bonds. The Morgan fingerprint density at radius 1 is 1.41 bits per heavy atom. The van der Waals surface area contributed by atoms with Crippen molar-refractivity contribution in [2.75, 3.05) is 24.6 Å². The van der Waals surface area contributed by atoms with E-state index in [0.29, 0.717) is 13.1 Å². The average Bonchev–Trinajstić information content (AvgIpc) is 2.44. The van der Waals surface area contributed by atoms with E-state index in [1.165, 1.54) is 0 Å². The summed E-state index contributed by atoms with van der Waals surface area (Å²) >= 11 is 0. The van der Waals surface area contributed by atoms with Crippen LogP contribution in [-0.4, -0.2) is 61.4 Å². The minimum absolute atomic E-state index is 0.0197. The average molecular weight is 261 g/mol. The number of carbonyl (C=O) groups is 1. The van der Waals surface area contributed by atoms with Crippen LogP contribution in [0, 0.1) is 0 Å². The van der Waals surface area contributed by atoms with Gasteiger partial charge in [-0.25, -0.2) is 8.42 Å². The van der Waals surface area contributed by atoms with Crippen molar-refractivity contribution in [1.82, 2.24) is 10.2 Å². The molecule has 0 aromatic rings. The molecule has 2 saturated heterocycles. The molecule has 2 aliphatic rings. The Morgan fingerprint density at radius 3 is 2.59 bits per heavy atom. The molecule has 17 heavy (non-hydrogen) atoms. The summed E-state index contributed by atoms with van der Waals surface area (Å²) in [5, 5.41) is 2.79. The highest BCUT2D eigenvalue weighted by molar-refractivity contribution is 7.91. The first-order valence-corrected chi connectivity index (χ1v) is 7.57. The van der Waals surface area contributed by atoms with Gasteiger partial charge in [-0.05, 0) is 13.8 Å². The lowest BCUT2D eigenvalue weighted by molar-refractivity contribution is -0.136. The van der Waals surface area contributed by atoms with Gasteiger partial charge in [0.1, 0.15) is 0 Å². The zero-order valence-corrected chi connectivity index (χ0v) is 11.0. The Bertz CT molecular complexity index is 432. The van der Waals surface area contributed by atoms with Crippen LogP contribution in [0.1, 0.15) is 13.8 Å². The number of hydrogen-bond donors (Lipinski definition) is 2. The molecular weight excluding hydrogens is 242 g/mol. The van der Waals surface area contributed by atoms with Crippen molar-refractivity contribution in [3.05, 3.63) is 0 Å². The third kappa shape index (κ3) is 2.19. The Balaban J connectivity index is 2.25. The summed E-state index contributed by atoms with van der Waals surface area (Å²) in [5.41, 5.74) is 5.21. The number of carbonyl (C=O) groups excluding carboxylic acids is 1. The number of amides is 1. The second-order valence-electron chi connectivity index (χ2n) is 5.32. The molecule has 0 radical (unpaired) electrons. The van der Waals surface area contributed by atoms with Gasteiger partial charge in [-0.15, -0.1) is 0 Å². The summed E-state index contributed by atoms with van der Waals surface area (Å²) in [5.74, 6) is 0.0109. The predicted octanol–water partition coefficient (Wildman–Crippen LogP) is -1.68. The van der Waals surface area contributed by atoms with Crippen LogP contribution in [0.2, 0.25) is 0 Å². The van der Waals surface area contributed by atoms with E-state index < -0.39 is 21.4 Å². The highest BCUT2D eigenvalue weighted by atomic mass is 32.2. The standard InChI is InChI=1S/C10H19N3O3S/c1-10(2)9(14)12-3-4-13(10)8-6-17(15,16)5-7(8)11/h7-8H,3-6,11H2,1-2H3,(H,12,14). The second-order valence-corrected chi connectivity index (χ2v) is 7.47. The largest absolute Gasteiger partial charge is 0.353 e. The molecule has 2 unspecified atom stereocenters. The van der Waals surface area contributed by atoms with Crippen molar-refractivity contribution in [2.45, 2.75) is 31.5 Å². The van der Waals surface area contributed by atoms with E-state index in [1.807, 2.05) is 4.90 Å². The molecule has 0 spiro atoms. The molecule has 0 aliphatic carbocycles. The Kier molecular flexibility index (Phi) is 2.95. The summed E-state index contributed by atoms with van der Waals surface area (Å²) in [6.07, 6.45) is 0. The maximum absolute atomic E-state index is 11.8. The van der Waals surface area contributed by atoms with Gasteiger partial charge in [0.2, 0.25) is 5.91 Å². The van der Waals surface area contributed by atoms with E-state index in [4.69, 9.17) is 5.73 Å². The van der Waals surface area contributed by atoms with Crippen molar-refractivity contribution in [3.8, 4) is 0 Å². The van der Waals surface area contributed by atoms with Crippen LogP contribution in [0.5, 0.6) is 0 Å². The number of nitrogens with zero attached hydrogens (tertiary/aromatic N) is 1. The summed E-state index contributed by atoms with van der Waals surface area (Å²) in [7, 11) is -3.06. The van der Waals surface area contributed by atoms with Gasteiger partial charge in [-0.2, -0.15) is 0 Å². The monoisotopic (exact) mass is 261 g/mol. The lowest BCUT2D eigenvalue weighted by Gasteiger charge is -2.45. The Hall–Kier alpha value is -0.660. The van der Waals surface area contributed by atoms with Crippen molar-refractivity contribution in [3.63, 3.8) is 0 Å². The summed E-state index contributed by atoms with van der Waals surface area (Å²) in [6.45, 7) is 4.80. The number of hydrogen-bond acceptors (Lipinski definition) is 5. The number of nitrogens with two attached hydrogens (primary N) is 1. The third-order valence-electron chi connectivity index (χ3n) is 3.68. The molecule has 0 aromatic heterocycles. The smallest absolute Gasteiger partial charge is 0.240 e. The molecule has 2 heterocycles. The molecule has 0 bridgehead atoms. The van der Waals surface area contributed by atoms with Crippen LogP contribution in [0.15, 0.2) is 0 Å². The fourth-order valence-electron chi connectivity index (χ4n) is 2.67. The van der Waals surface area contributed by atoms with Gasteiger partial charge in [-0.3, -0.25) is 9.69 Å². The number of nitrogens with one attached hydrogen (secondary N) is 1. The quantitative estimate of drug-likeness (QED) is 0.588. The van der Waals surface area contributed by atoms with E-state index in [2.05, 4.69) is 5.32 Å². The molecule has 2 fully saturated rings. The fraction of sp³-hybridized carbons (Fsp3) is 0.900. The minimum atomic E-state index is -3.06. The molecule has 0 saturated carbocycles. The molecule has 2 atom stereocenters. The van der Waals surface area contributed by atoms with Gasteiger partial charge in [-0.1, -0.05) is 0 Å². The SMILES string of the molecule is CC1(C)C(=O)NCCN1C1CS(=O)(=O)CC1N. The van der Waals surface area contributed by atoms with Crippen LogP contribution in [-0.2, 0) is 14.6 Å². The molecule has 7 heteroatoms. The molecule has 2 rings (SSSR count). The van der Waals surface area contributed by atoms with E-state index in [1.54, 1.807) is 13.8 Å². The zero-order valence-electron chi connectivity index (χ0n) is 10.1. The first kappa shape index (κ1) is 12.8. The summed E-state index contributed by atoms with van der Waals surface area (Å²) < 4.78 is 23.2. The summed E-state index contributed by atoms with van der Waals surface area (Å²) in [6, 6.07) is -0.647. The van der Waals surface area contributed by atoms with E-state index in [0.717, 1.165) is 0 Å². The topological polar surface area (TPSA) is 92.5 Å². The highest BCUT2D eigenvalue weighted by Gasteiger charge is 2.47. The van der Waals surface area contributed by atoms with E-state index in [-0.39, 0.29) is 23.5 Å². The molecule has 98 valence electrons. The van der Waals surface area contributed by atoms with E-state index >= 15 is 0 Å². The first-order valence-electron chi connectivity index (χ1n) is 5.75. The first-order chi connectivity index (χ1) is 7.74. The number of piperazine rings is 1. The maximum atomic E-state index is 11.8. The molecule has 2 aliphatic heterocycles. The Morgan fingerprint density at radius 2 is 2.06 bits per heavy atom. The van der Waals surface area contributed by atoms with Crippen molar-refractivity contribution < 1.29 is 13.2 Å².